The van der Waals surface area contributed by atoms with Crippen LogP contribution >= 0.6 is 7.26 Å². The number of carboxylic acid groups (broad SMARTS) is 2. The largest absolute Gasteiger partial charge is 0.473 e. The van der Waals surface area contributed by atoms with E-state index in [-0.39, 0.29) is 0 Å². The molecule has 0 aromatic heterocycles. The van der Waals surface area contributed by atoms with E-state index in [1.807, 2.05) is 0 Å². The minimum absolute atomic E-state index is 1.08. The zero-order chi connectivity index (χ0) is 22.0. The van der Waals surface area contributed by atoms with Crippen LogP contribution in [0.2, 0.25) is 0 Å². The molecule has 3 aromatic carbocycles. The van der Waals surface area contributed by atoms with E-state index >= 15 is 0 Å². The van der Waals surface area contributed by atoms with Gasteiger partial charge >= 0.3 is 11.9 Å². The van der Waals surface area contributed by atoms with E-state index in [0.717, 1.165) is 12.7 Å². The van der Waals surface area contributed by atoms with Crippen LogP contribution in [0.4, 0.5) is 0 Å². The quantitative estimate of drug-likeness (QED) is 0.470. The number of rotatable bonds is 6. The fraction of sp³-hybridized carbons (Fsp3) is 0.167. The third-order valence-corrected chi connectivity index (χ3v) is 9.07. The molecular weight excluding hydrogens is 397 g/mol. The van der Waals surface area contributed by atoms with Crippen LogP contribution in [0.15, 0.2) is 91.0 Å². The molecule has 0 aliphatic carbocycles. The van der Waals surface area contributed by atoms with Crippen molar-refractivity contribution < 1.29 is 19.8 Å². The topological polar surface area (TPSA) is 77.8 Å². The van der Waals surface area contributed by atoms with E-state index in [9.17, 15) is 0 Å². The molecular formula is C24H27NO4P+. The van der Waals surface area contributed by atoms with Gasteiger partial charge in [-0.05, 0) is 50.5 Å². The second kappa shape index (κ2) is 11.2. The number of hydrogen-bond donors (Lipinski definition) is 2. The lowest BCUT2D eigenvalue weighted by molar-refractivity contribution is -0.159. The molecule has 30 heavy (non-hydrogen) atoms. The van der Waals surface area contributed by atoms with Crippen molar-refractivity contribution in [2.45, 2.75) is 0 Å². The van der Waals surface area contributed by atoms with E-state index in [1.54, 1.807) is 0 Å². The summed E-state index contributed by atoms with van der Waals surface area (Å²) in [6.07, 6.45) is 1.15. The second-order valence-corrected chi connectivity index (χ2v) is 10.6. The molecule has 0 saturated carbocycles. The lowest BCUT2D eigenvalue weighted by Gasteiger charge is -2.28. The Hall–Kier alpha value is -3.01. The van der Waals surface area contributed by atoms with E-state index in [4.69, 9.17) is 19.8 Å². The normalized spacial score (nSPS) is 10.8. The van der Waals surface area contributed by atoms with Crippen LogP contribution < -0.4 is 15.9 Å². The standard InChI is InChI=1S/C22H25NP.C2H2O4/c1-23(2)18-19-24(20-12-6-3-7-13-20,21-14-8-4-9-15-21)22-16-10-5-11-17-22;3-1(4)2(5)6/h3-17H,18-19H2,1-2H3;(H,3,4)(H,5,6)/q+1;. The summed E-state index contributed by atoms with van der Waals surface area (Å²) < 4.78 is 0. The monoisotopic (exact) mass is 424 g/mol. The zero-order valence-corrected chi connectivity index (χ0v) is 18.1. The zero-order valence-electron chi connectivity index (χ0n) is 17.2. The Morgan fingerprint density at radius 2 is 0.967 bits per heavy atom. The molecule has 6 heteroatoms. The second-order valence-electron chi connectivity index (χ2n) is 6.95. The van der Waals surface area contributed by atoms with Crippen LogP contribution in [0.1, 0.15) is 0 Å². The van der Waals surface area contributed by atoms with Gasteiger partial charge in [-0.3, -0.25) is 0 Å². The van der Waals surface area contributed by atoms with Crippen molar-refractivity contribution in [1.29, 1.82) is 0 Å². The first-order chi connectivity index (χ1) is 14.4. The third kappa shape index (κ3) is 5.99. The molecule has 0 aliphatic heterocycles. The van der Waals surface area contributed by atoms with Crippen molar-refractivity contribution >= 4 is 35.1 Å². The first kappa shape index (κ1) is 23.3. The Kier molecular flexibility index (Phi) is 8.72. The average molecular weight is 424 g/mol. The smallest absolute Gasteiger partial charge is 0.414 e. The predicted molar refractivity (Wildman–Crippen MR) is 124 cm³/mol. The average Bonchev–Trinajstić information content (AvgIpc) is 2.77. The summed E-state index contributed by atoms with van der Waals surface area (Å²) >= 11 is 0. The molecule has 0 fully saturated rings. The van der Waals surface area contributed by atoms with Gasteiger partial charge in [0.15, 0.2) is 0 Å². The summed E-state index contributed by atoms with van der Waals surface area (Å²) in [5.41, 5.74) is 0. The van der Waals surface area contributed by atoms with Crippen molar-refractivity contribution in [2.24, 2.45) is 0 Å². The maximum Gasteiger partial charge on any atom is 0.414 e. The van der Waals surface area contributed by atoms with Gasteiger partial charge in [0.1, 0.15) is 23.2 Å². The van der Waals surface area contributed by atoms with E-state index < -0.39 is 19.2 Å². The summed E-state index contributed by atoms with van der Waals surface area (Å²) in [6.45, 7) is 1.08. The summed E-state index contributed by atoms with van der Waals surface area (Å²) in [7, 11) is 2.68. The van der Waals surface area contributed by atoms with Crippen molar-refractivity contribution in [3.8, 4) is 0 Å². The molecule has 0 radical (unpaired) electrons. The van der Waals surface area contributed by atoms with Gasteiger partial charge in [-0.1, -0.05) is 54.6 Å². The molecule has 0 aliphatic rings. The van der Waals surface area contributed by atoms with Crippen LogP contribution in [-0.4, -0.2) is 53.9 Å². The van der Waals surface area contributed by atoms with Gasteiger partial charge in [-0.2, -0.15) is 0 Å². The van der Waals surface area contributed by atoms with Gasteiger partial charge in [0, 0.05) is 6.54 Å². The summed E-state index contributed by atoms with van der Waals surface area (Å²) in [5, 5.41) is 19.2. The van der Waals surface area contributed by atoms with Crippen LogP contribution in [-0.2, 0) is 9.59 Å². The molecule has 0 saturated heterocycles. The Labute approximate surface area is 177 Å². The Balaban J connectivity index is 0.000000469. The first-order valence-corrected chi connectivity index (χ1v) is 11.5. The van der Waals surface area contributed by atoms with Gasteiger partial charge < -0.3 is 15.1 Å². The SMILES string of the molecule is CN(C)CC[P+](c1ccccc1)(c1ccccc1)c1ccccc1.O=C(O)C(=O)O. The molecule has 3 rings (SSSR count). The van der Waals surface area contributed by atoms with E-state index in [2.05, 4.69) is 110 Å². The highest BCUT2D eigenvalue weighted by molar-refractivity contribution is 7.95. The van der Waals surface area contributed by atoms with Crippen molar-refractivity contribution in [1.82, 2.24) is 4.90 Å². The van der Waals surface area contributed by atoms with E-state index in [1.165, 1.54) is 15.9 Å². The molecule has 0 atom stereocenters. The highest BCUT2D eigenvalue weighted by Gasteiger charge is 2.44. The molecule has 2 N–H and O–H groups in total. The van der Waals surface area contributed by atoms with Crippen LogP contribution in [0.5, 0.6) is 0 Å². The van der Waals surface area contributed by atoms with E-state index in [0.29, 0.717) is 0 Å². The highest BCUT2D eigenvalue weighted by Crippen LogP contribution is 2.54. The number of carboxylic acids is 2. The maximum absolute atomic E-state index is 9.10. The lowest BCUT2D eigenvalue weighted by atomic mass is 10.4. The van der Waals surface area contributed by atoms with Crippen LogP contribution in [0.3, 0.4) is 0 Å². The Morgan fingerprint density at radius 3 is 1.20 bits per heavy atom. The van der Waals surface area contributed by atoms with Crippen molar-refractivity contribution in [3.63, 3.8) is 0 Å². The Morgan fingerprint density at radius 1 is 0.667 bits per heavy atom. The van der Waals surface area contributed by atoms with Gasteiger partial charge in [0.2, 0.25) is 0 Å². The summed E-state index contributed by atoms with van der Waals surface area (Å²) in [4.78, 5) is 20.5. The fourth-order valence-corrected chi connectivity index (χ4v) is 7.64. The Bertz CT molecular complexity index is 823. The predicted octanol–water partition coefficient (Wildman–Crippen LogP) is 2.70. The molecule has 0 spiro atoms. The minimum Gasteiger partial charge on any atom is -0.473 e. The fourth-order valence-electron chi connectivity index (χ4n) is 3.23. The summed E-state index contributed by atoms with van der Waals surface area (Å²) in [5.74, 6) is -3.65. The number of carbonyl (C=O) groups is 2. The summed E-state index contributed by atoms with van der Waals surface area (Å²) in [6, 6.07) is 33.2. The van der Waals surface area contributed by atoms with Gasteiger partial charge in [0.05, 0.1) is 6.16 Å². The molecule has 0 bridgehead atoms. The van der Waals surface area contributed by atoms with Gasteiger partial charge in [0.25, 0.3) is 0 Å². The first-order valence-electron chi connectivity index (χ1n) is 9.54. The van der Waals surface area contributed by atoms with Crippen molar-refractivity contribution in [3.05, 3.63) is 91.0 Å². The number of nitrogens with zero attached hydrogens (tertiary/aromatic N) is 1. The molecule has 0 amide bonds. The maximum atomic E-state index is 9.10. The lowest BCUT2D eigenvalue weighted by Crippen LogP contribution is -2.36. The van der Waals surface area contributed by atoms with Crippen LogP contribution in [0.25, 0.3) is 0 Å². The molecule has 5 nitrogen and oxygen atoms in total. The van der Waals surface area contributed by atoms with Gasteiger partial charge in [-0.25, -0.2) is 9.59 Å². The third-order valence-electron chi connectivity index (χ3n) is 4.66. The number of hydrogen-bond acceptors (Lipinski definition) is 3. The molecule has 0 heterocycles. The van der Waals surface area contributed by atoms with Crippen LogP contribution in [0, 0.1) is 0 Å². The van der Waals surface area contributed by atoms with Gasteiger partial charge in [-0.15, -0.1) is 0 Å². The number of aliphatic carboxylic acids is 2. The number of benzene rings is 3. The molecule has 3 aromatic rings. The molecule has 156 valence electrons. The minimum atomic E-state index is -1.82. The van der Waals surface area contributed by atoms with Crippen molar-refractivity contribution in [2.75, 3.05) is 26.8 Å². The molecule has 0 unspecified atom stereocenters. The highest BCUT2D eigenvalue weighted by atomic mass is 31.2.